The first kappa shape index (κ1) is 16.0. The summed E-state index contributed by atoms with van der Waals surface area (Å²) in [7, 11) is 1.47. The lowest BCUT2D eigenvalue weighted by atomic mass is 9.98. The Morgan fingerprint density at radius 3 is 2.48 bits per heavy atom. The third-order valence-electron chi connectivity index (χ3n) is 4.45. The summed E-state index contributed by atoms with van der Waals surface area (Å²) in [5.74, 6) is -0.104. The Labute approximate surface area is 127 Å². The minimum absolute atomic E-state index is 0.0585. The van der Waals surface area contributed by atoms with E-state index in [4.69, 9.17) is 4.74 Å². The maximum absolute atomic E-state index is 11.8. The zero-order valence-electron chi connectivity index (χ0n) is 13.3. The number of ether oxygens (including phenoxy) is 1. The summed E-state index contributed by atoms with van der Waals surface area (Å²) in [6, 6.07) is 10.8. The highest BCUT2D eigenvalue weighted by Crippen LogP contribution is 2.27. The molecule has 0 spiro atoms. The van der Waals surface area contributed by atoms with Crippen molar-refractivity contribution in [2.24, 2.45) is 0 Å². The maximum atomic E-state index is 11.8. The largest absolute Gasteiger partial charge is 0.468 e. The number of hydrogen-bond acceptors (Lipinski definition) is 4. The van der Waals surface area contributed by atoms with Gasteiger partial charge in [-0.1, -0.05) is 44.2 Å². The molecule has 0 radical (unpaired) electrons. The minimum Gasteiger partial charge on any atom is -0.468 e. The van der Waals surface area contributed by atoms with Crippen LogP contribution in [0.15, 0.2) is 30.3 Å². The van der Waals surface area contributed by atoms with Crippen molar-refractivity contribution in [3.8, 4) is 0 Å². The van der Waals surface area contributed by atoms with Crippen LogP contribution in [0.1, 0.15) is 31.9 Å². The van der Waals surface area contributed by atoms with E-state index in [-0.39, 0.29) is 12.0 Å². The summed E-state index contributed by atoms with van der Waals surface area (Å²) in [5.41, 5.74) is 1.32. The summed E-state index contributed by atoms with van der Waals surface area (Å²) in [4.78, 5) is 16.4. The van der Waals surface area contributed by atoms with Crippen molar-refractivity contribution in [2.75, 3.05) is 33.3 Å². The highest BCUT2D eigenvalue weighted by Gasteiger charge is 2.37. The van der Waals surface area contributed by atoms with Crippen LogP contribution in [0.2, 0.25) is 0 Å². The first-order chi connectivity index (χ1) is 10.2. The summed E-state index contributed by atoms with van der Waals surface area (Å²) in [5, 5.41) is 0. The van der Waals surface area contributed by atoms with Gasteiger partial charge in [0.05, 0.1) is 7.11 Å². The van der Waals surface area contributed by atoms with Crippen molar-refractivity contribution in [1.29, 1.82) is 0 Å². The second kappa shape index (κ2) is 7.57. The van der Waals surface area contributed by atoms with Crippen molar-refractivity contribution >= 4 is 5.97 Å². The molecule has 1 fully saturated rings. The van der Waals surface area contributed by atoms with Crippen LogP contribution in [0.3, 0.4) is 0 Å². The van der Waals surface area contributed by atoms with Crippen LogP contribution < -0.4 is 0 Å². The SMILES string of the molecule is CCN(CC)C(CN1CCC1C(=O)OC)c1ccccc1. The van der Waals surface area contributed by atoms with Gasteiger partial charge in [-0.3, -0.25) is 14.6 Å². The number of methoxy groups -OCH3 is 1. The molecule has 1 heterocycles. The first-order valence-electron chi connectivity index (χ1n) is 7.82. The van der Waals surface area contributed by atoms with Crippen molar-refractivity contribution in [1.82, 2.24) is 9.80 Å². The molecule has 1 aromatic carbocycles. The number of carbonyl (C=O) groups excluding carboxylic acids is 1. The van der Waals surface area contributed by atoms with Crippen LogP contribution in [-0.4, -0.2) is 55.1 Å². The van der Waals surface area contributed by atoms with Gasteiger partial charge in [-0.25, -0.2) is 0 Å². The summed E-state index contributed by atoms with van der Waals surface area (Å²) in [6.07, 6.45) is 0.909. The van der Waals surface area contributed by atoms with Gasteiger partial charge in [-0.2, -0.15) is 0 Å². The average molecular weight is 290 g/mol. The average Bonchev–Trinajstić information content (AvgIpc) is 2.51. The molecule has 21 heavy (non-hydrogen) atoms. The van der Waals surface area contributed by atoms with Gasteiger partial charge in [0.2, 0.25) is 0 Å². The Morgan fingerprint density at radius 2 is 2.00 bits per heavy atom. The van der Waals surface area contributed by atoms with Gasteiger partial charge in [-0.15, -0.1) is 0 Å². The van der Waals surface area contributed by atoms with E-state index >= 15 is 0 Å². The molecular formula is C17H26N2O2. The lowest BCUT2D eigenvalue weighted by Crippen LogP contribution is -2.55. The molecule has 0 aliphatic carbocycles. The number of benzene rings is 1. The number of carbonyl (C=O) groups is 1. The molecule has 0 bridgehead atoms. The number of likely N-dealkylation sites (N-methyl/N-ethyl adjacent to an activating group) is 1. The van der Waals surface area contributed by atoms with E-state index < -0.39 is 0 Å². The van der Waals surface area contributed by atoms with E-state index in [1.54, 1.807) is 0 Å². The number of nitrogens with zero attached hydrogens (tertiary/aromatic N) is 2. The molecular weight excluding hydrogens is 264 g/mol. The molecule has 2 rings (SSSR count). The quantitative estimate of drug-likeness (QED) is 0.722. The fraction of sp³-hybridized carbons (Fsp3) is 0.588. The van der Waals surface area contributed by atoms with Gasteiger partial charge in [0.25, 0.3) is 0 Å². The number of hydrogen-bond donors (Lipinski definition) is 0. The van der Waals surface area contributed by atoms with Gasteiger partial charge < -0.3 is 4.74 Å². The second-order valence-electron chi connectivity index (χ2n) is 5.47. The molecule has 2 atom stereocenters. The molecule has 4 heteroatoms. The van der Waals surface area contributed by atoms with Gasteiger partial charge in [0, 0.05) is 19.1 Å². The molecule has 116 valence electrons. The molecule has 1 aromatic rings. The lowest BCUT2D eigenvalue weighted by Gasteiger charge is -2.43. The van der Waals surface area contributed by atoms with E-state index in [1.807, 2.05) is 6.07 Å². The highest BCUT2D eigenvalue weighted by molar-refractivity contribution is 5.76. The molecule has 0 aromatic heterocycles. The third kappa shape index (κ3) is 3.63. The normalized spacial score (nSPS) is 20.1. The molecule has 2 unspecified atom stereocenters. The number of rotatable bonds is 7. The topological polar surface area (TPSA) is 32.8 Å². The smallest absolute Gasteiger partial charge is 0.323 e. The van der Waals surface area contributed by atoms with E-state index in [1.165, 1.54) is 12.7 Å². The molecule has 0 amide bonds. The van der Waals surface area contributed by atoms with Crippen LogP contribution in [0, 0.1) is 0 Å². The van der Waals surface area contributed by atoms with Gasteiger partial charge >= 0.3 is 5.97 Å². The third-order valence-corrected chi connectivity index (χ3v) is 4.45. The predicted octanol–water partition coefficient (Wildman–Crippen LogP) is 2.32. The maximum Gasteiger partial charge on any atom is 0.323 e. The zero-order chi connectivity index (χ0) is 15.2. The second-order valence-corrected chi connectivity index (χ2v) is 5.47. The van der Waals surface area contributed by atoms with Crippen LogP contribution in [0.5, 0.6) is 0 Å². The first-order valence-corrected chi connectivity index (χ1v) is 7.82. The Bertz CT molecular complexity index is 445. The predicted molar refractivity (Wildman–Crippen MR) is 84.1 cm³/mol. The van der Waals surface area contributed by atoms with Gasteiger partial charge in [-0.05, 0) is 25.1 Å². The highest BCUT2D eigenvalue weighted by atomic mass is 16.5. The molecule has 0 saturated carbocycles. The van der Waals surface area contributed by atoms with Crippen molar-refractivity contribution in [2.45, 2.75) is 32.4 Å². The van der Waals surface area contributed by atoms with E-state index in [2.05, 4.69) is 47.9 Å². The minimum atomic E-state index is -0.104. The van der Waals surface area contributed by atoms with Gasteiger partial charge in [0.1, 0.15) is 6.04 Å². The summed E-state index contributed by atoms with van der Waals surface area (Å²) < 4.78 is 4.89. The number of esters is 1. The van der Waals surface area contributed by atoms with Crippen LogP contribution in [-0.2, 0) is 9.53 Å². The van der Waals surface area contributed by atoms with Crippen LogP contribution in [0.4, 0.5) is 0 Å². The fourth-order valence-corrected chi connectivity index (χ4v) is 3.06. The lowest BCUT2D eigenvalue weighted by molar-refractivity contribution is -0.152. The zero-order valence-corrected chi connectivity index (χ0v) is 13.3. The van der Waals surface area contributed by atoms with Crippen molar-refractivity contribution < 1.29 is 9.53 Å². The molecule has 1 aliphatic heterocycles. The van der Waals surface area contributed by atoms with Crippen LogP contribution >= 0.6 is 0 Å². The van der Waals surface area contributed by atoms with Crippen molar-refractivity contribution in [3.05, 3.63) is 35.9 Å². The Balaban J connectivity index is 2.11. The van der Waals surface area contributed by atoms with E-state index in [0.29, 0.717) is 6.04 Å². The molecule has 1 aliphatic rings. The Kier molecular flexibility index (Phi) is 5.76. The van der Waals surface area contributed by atoms with Crippen LogP contribution in [0.25, 0.3) is 0 Å². The molecule has 1 saturated heterocycles. The molecule has 0 N–H and O–H groups in total. The summed E-state index contributed by atoms with van der Waals surface area (Å²) in [6.45, 7) is 8.25. The van der Waals surface area contributed by atoms with Gasteiger partial charge in [0.15, 0.2) is 0 Å². The fourth-order valence-electron chi connectivity index (χ4n) is 3.06. The Morgan fingerprint density at radius 1 is 1.33 bits per heavy atom. The van der Waals surface area contributed by atoms with E-state index in [9.17, 15) is 4.79 Å². The van der Waals surface area contributed by atoms with E-state index in [0.717, 1.165) is 32.6 Å². The number of likely N-dealkylation sites (tertiary alicyclic amines) is 1. The molecule has 4 nitrogen and oxygen atoms in total. The standard InChI is InChI=1S/C17H26N2O2/c1-4-18(5-2)16(14-9-7-6-8-10-14)13-19-12-11-15(19)17(20)21-3/h6-10,15-16H,4-5,11-13H2,1-3H3. The van der Waals surface area contributed by atoms with Crippen molar-refractivity contribution in [3.63, 3.8) is 0 Å². The summed E-state index contributed by atoms with van der Waals surface area (Å²) >= 11 is 0. The Hall–Kier alpha value is -1.39. The monoisotopic (exact) mass is 290 g/mol.